The number of hydrogen-bond acceptors (Lipinski definition) is 8. The summed E-state index contributed by atoms with van der Waals surface area (Å²) < 4.78 is 5.33. The summed E-state index contributed by atoms with van der Waals surface area (Å²) in [5, 5.41) is 12.3. The van der Waals surface area contributed by atoms with Crippen LogP contribution in [0, 0.1) is 0 Å². The molecule has 4 aromatic rings. The largest absolute Gasteiger partial charge is 0.482 e. The number of anilines is 2. The third-order valence-electron chi connectivity index (χ3n) is 5.68. The first-order valence-electron chi connectivity index (χ1n) is 10.5. The van der Waals surface area contributed by atoms with E-state index < -0.39 is 17.7 Å². The van der Waals surface area contributed by atoms with Crippen molar-refractivity contribution < 1.29 is 23.9 Å². The highest BCUT2D eigenvalue weighted by molar-refractivity contribution is 6.35. The minimum absolute atomic E-state index is 0.0000415. The number of ether oxygens (including phenoxy) is 1. The number of nitrogens with one attached hydrogen (secondary N) is 3. The zero-order chi connectivity index (χ0) is 24.1. The highest BCUT2D eigenvalue weighted by Crippen LogP contribution is 2.31. The van der Waals surface area contributed by atoms with Crippen molar-refractivity contribution in [3.63, 3.8) is 0 Å². The second-order valence-electron chi connectivity index (χ2n) is 7.83. The van der Waals surface area contributed by atoms with Crippen LogP contribution in [0.25, 0.3) is 11.0 Å². The predicted molar refractivity (Wildman–Crippen MR) is 121 cm³/mol. The van der Waals surface area contributed by atoms with Gasteiger partial charge in [0.2, 0.25) is 0 Å². The number of benzene rings is 2. The summed E-state index contributed by atoms with van der Waals surface area (Å²) in [5.41, 5.74) is 2.14. The average molecular weight is 469 g/mol. The molecule has 2 aromatic carbocycles. The SMILES string of the molecule is O=C1COc2ccc(CNC(=O)c3ncnc4c(N5C(=O)c6ccccc6C5=O)n[nH]c34)cc2N1. The van der Waals surface area contributed by atoms with Crippen LogP contribution in [0.5, 0.6) is 5.75 Å². The Labute approximate surface area is 196 Å². The number of aromatic nitrogens is 4. The van der Waals surface area contributed by atoms with E-state index in [9.17, 15) is 19.2 Å². The molecule has 12 nitrogen and oxygen atoms in total. The molecule has 2 aromatic heterocycles. The number of aromatic amines is 1. The molecular weight excluding hydrogens is 454 g/mol. The zero-order valence-corrected chi connectivity index (χ0v) is 17.9. The smallest absolute Gasteiger partial charge is 0.272 e. The monoisotopic (exact) mass is 469 g/mol. The molecule has 4 heterocycles. The lowest BCUT2D eigenvalue weighted by Crippen LogP contribution is -2.30. The van der Waals surface area contributed by atoms with Crippen molar-refractivity contribution in [2.75, 3.05) is 16.8 Å². The quantitative estimate of drug-likeness (QED) is 0.378. The van der Waals surface area contributed by atoms with Crippen LogP contribution in [0.3, 0.4) is 0 Å². The van der Waals surface area contributed by atoms with Crippen LogP contribution >= 0.6 is 0 Å². The predicted octanol–water partition coefficient (Wildman–Crippen LogP) is 1.41. The van der Waals surface area contributed by atoms with Crippen LogP contribution in [0.15, 0.2) is 48.8 Å². The highest BCUT2D eigenvalue weighted by atomic mass is 16.5. The summed E-state index contributed by atoms with van der Waals surface area (Å²) in [6.45, 7) is 0.104. The maximum atomic E-state index is 12.9. The number of H-pyrrole nitrogens is 1. The van der Waals surface area contributed by atoms with Gasteiger partial charge in [-0.2, -0.15) is 5.10 Å². The number of nitrogens with zero attached hydrogens (tertiary/aromatic N) is 4. The van der Waals surface area contributed by atoms with Crippen LogP contribution in [-0.2, 0) is 11.3 Å². The molecule has 35 heavy (non-hydrogen) atoms. The molecule has 0 fully saturated rings. The van der Waals surface area contributed by atoms with Crippen molar-refractivity contribution in [2.45, 2.75) is 6.54 Å². The molecule has 0 radical (unpaired) electrons. The number of carbonyl (C=O) groups excluding carboxylic acids is 4. The Morgan fingerprint density at radius 1 is 1.06 bits per heavy atom. The summed E-state index contributed by atoms with van der Waals surface area (Å²) in [7, 11) is 0. The van der Waals surface area contributed by atoms with E-state index in [4.69, 9.17) is 4.74 Å². The van der Waals surface area contributed by atoms with Gasteiger partial charge < -0.3 is 15.4 Å². The van der Waals surface area contributed by atoms with Crippen molar-refractivity contribution >= 4 is 46.2 Å². The van der Waals surface area contributed by atoms with Gasteiger partial charge in [-0.15, -0.1) is 0 Å². The number of imide groups is 1. The lowest BCUT2D eigenvalue weighted by atomic mass is 10.1. The Balaban J connectivity index is 1.26. The zero-order valence-electron chi connectivity index (χ0n) is 17.9. The Kier molecular flexibility index (Phi) is 4.52. The third-order valence-corrected chi connectivity index (χ3v) is 5.68. The molecular formula is C23H15N7O5. The molecule has 12 heteroatoms. The molecule has 2 aliphatic heterocycles. The minimum atomic E-state index is -0.521. The van der Waals surface area contributed by atoms with E-state index in [1.807, 2.05) is 0 Å². The molecule has 6 rings (SSSR count). The topological polar surface area (TPSA) is 159 Å². The minimum Gasteiger partial charge on any atom is -0.482 e. The van der Waals surface area contributed by atoms with E-state index in [-0.39, 0.29) is 52.7 Å². The molecule has 0 saturated carbocycles. The molecule has 4 amide bonds. The van der Waals surface area contributed by atoms with Crippen molar-refractivity contribution in [1.82, 2.24) is 25.5 Å². The number of amides is 4. The van der Waals surface area contributed by atoms with Gasteiger partial charge in [0, 0.05) is 6.54 Å². The van der Waals surface area contributed by atoms with E-state index in [1.165, 1.54) is 6.33 Å². The first kappa shape index (κ1) is 20.5. The lowest BCUT2D eigenvalue weighted by molar-refractivity contribution is -0.118. The highest BCUT2D eigenvalue weighted by Gasteiger charge is 2.39. The van der Waals surface area contributed by atoms with Crippen molar-refractivity contribution in [1.29, 1.82) is 0 Å². The van der Waals surface area contributed by atoms with Crippen LogP contribution < -0.4 is 20.3 Å². The molecule has 0 bridgehead atoms. The Bertz CT molecular complexity index is 1540. The number of hydrogen-bond donors (Lipinski definition) is 3. The molecule has 0 spiro atoms. The van der Waals surface area contributed by atoms with Gasteiger partial charge in [0.1, 0.15) is 23.1 Å². The summed E-state index contributed by atoms with van der Waals surface area (Å²) in [6.07, 6.45) is 1.17. The second-order valence-corrected chi connectivity index (χ2v) is 7.83. The Hall–Kier alpha value is -5.13. The van der Waals surface area contributed by atoms with Crippen LogP contribution in [0.4, 0.5) is 11.5 Å². The van der Waals surface area contributed by atoms with Gasteiger partial charge >= 0.3 is 0 Å². The van der Waals surface area contributed by atoms with Crippen LogP contribution in [-0.4, -0.2) is 50.4 Å². The van der Waals surface area contributed by atoms with Gasteiger partial charge in [-0.3, -0.25) is 24.3 Å². The van der Waals surface area contributed by atoms with E-state index in [2.05, 4.69) is 30.8 Å². The first-order valence-corrected chi connectivity index (χ1v) is 10.5. The fourth-order valence-electron chi connectivity index (χ4n) is 4.04. The molecule has 0 atom stereocenters. The summed E-state index contributed by atoms with van der Waals surface area (Å²) in [5.74, 6) is -1.27. The maximum absolute atomic E-state index is 12.9. The van der Waals surface area contributed by atoms with Gasteiger partial charge in [0.05, 0.1) is 16.8 Å². The second kappa shape index (κ2) is 7.73. The van der Waals surface area contributed by atoms with E-state index in [1.54, 1.807) is 42.5 Å². The molecule has 2 aliphatic rings. The number of fused-ring (bicyclic) bond motifs is 3. The van der Waals surface area contributed by atoms with Crippen LogP contribution in [0.1, 0.15) is 36.8 Å². The molecule has 0 unspecified atom stereocenters. The van der Waals surface area contributed by atoms with Crippen molar-refractivity contribution in [2.24, 2.45) is 0 Å². The average Bonchev–Trinajstić information content (AvgIpc) is 3.40. The van der Waals surface area contributed by atoms with Gasteiger partial charge in [-0.25, -0.2) is 14.9 Å². The van der Waals surface area contributed by atoms with E-state index in [0.29, 0.717) is 11.4 Å². The normalized spacial score (nSPS) is 14.4. The van der Waals surface area contributed by atoms with Gasteiger partial charge in [0.25, 0.3) is 23.6 Å². The van der Waals surface area contributed by atoms with Gasteiger partial charge in [-0.05, 0) is 29.8 Å². The molecule has 172 valence electrons. The van der Waals surface area contributed by atoms with E-state index in [0.717, 1.165) is 10.5 Å². The first-order chi connectivity index (χ1) is 17.0. The number of rotatable bonds is 4. The van der Waals surface area contributed by atoms with E-state index >= 15 is 0 Å². The third kappa shape index (κ3) is 3.27. The molecule has 0 saturated heterocycles. The molecule has 0 aliphatic carbocycles. The molecule has 3 N–H and O–H groups in total. The fourth-order valence-corrected chi connectivity index (χ4v) is 4.04. The van der Waals surface area contributed by atoms with Crippen molar-refractivity contribution in [3.05, 3.63) is 71.2 Å². The number of carbonyl (C=O) groups is 4. The van der Waals surface area contributed by atoms with Crippen LogP contribution in [0.2, 0.25) is 0 Å². The summed E-state index contributed by atoms with van der Waals surface area (Å²) in [6, 6.07) is 11.7. The summed E-state index contributed by atoms with van der Waals surface area (Å²) >= 11 is 0. The fraction of sp³-hybridized carbons (Fsp3) is 0.0870. The Morgan fingerprint density at radius 2 is 1.83 bits per heavy atom. The maximum Gasteiger partial charge on any atom is 0.272 e. The Morgan fingerprint density at radius 3 is 2.60 bits per heavy atom. The lowest BCUT2D eigenvalue weighted by Gasteiger charge is -2.18. The van der Waals surface area contributed by atoms with Crippen molar-refractivity contribution in [3.8, 4) is 5.75 Å². The van der Waals surface area contributed by atoms with Gasteiger partial charge in [-0.1, -0.05) is 18.2 Å². The summed E-state index contributed by atoms with van der Waals surface area (Å²) in [4.78, 5) is 59.3. The standard InChI is InChI=1S/C23H15N7O5/c31-16-9-35-15-6-5-11(7-14(15)27-16)8-24-21(32)19-17-18(25-10-26-19)20(29-28-17)30-22(33)12-3-1-2-4-13(12)23(30)34/h1-7,10H,8-9H2,(H,24,32)(H,27,31)(H,28,29). The van der Waals surface area contributed by atoms with Gasteiger partial charge in [0.15, 0.2) is 18.1 Å².